The summed E-state index contributed by atoms with van der Waals surface area (Å²) in [5.74, 6) is 0.984. The van der Waals surface area contributed by atoms with Gasteiger partial charge in [0.2, 0.25) is 0 Å². The molecule has 1 atom stereocenters. The SMILES string of the molecule is CCCn1c(CC(O)CN(C)C)nc2ccccc21. The van der Waals surface area contributed by atoms with E-state index in [0.717, 1.165) is 29.8 Å². The maximum Gasteiger partial charge on any atom is 0.112 e. The first kappa shape index (κ1) is 14.0. The molecule has 4 nitrogen and oxygen atoms in total. The molecule has 1 heterocycles. The van der Waals surface area contributed by atoms with Gasteiger partial charge in [0.05, 0.1) is 17.1 Å². The number of aliphatic hydroxyl groups excluding tert-OH is 1. The van der Waals surface area contributed by atoms with Crippen molar-refractivity contribution in [1.29, 1.82) is 0 Å². The van der Waals surface area contributed by atoms with Crippen LogP contribution in [-0.2, 0) is 13.0 Å². The molecule has 1 aromatic heterocycles. The van der Waals surface area contributed by atoms with Gasteiger partial charge in [-0.05, 0) is 32.6 Å². The van der Waals surface area contributed by atoms with Crippen LogP contribution in [-0.4, -0.2) is 46.3 Å². The van der Waals surface area contributed by atoms with E-state index in [9.17, 15) is 5.11 Å². The quantitative estimate of drug-likeness (QED) is 0.863. The summed E-state index contributed by atoms with van der Waals surface area (Å²) < 4.78 is 2.23. The molecule has 1 N–H and O–H groups in total. The van der Waals surface area contributed by atoms with Crippen molar-refractivity contribution in [1.82, 2.24) is 14.5 Å². The molecule has 0 aliphatic rings. The van der Waals surface area contributed by atoms with Gasteiger partial charge in [0, 0.05) is 19.5 Å². The average Bonchev–Trinajstić information content (AvgIpc) is 2.67. The van der Waals surface area contributed by atoms with Crippen molar-refractivity contribution in [2.45, 2.75) is 32.4 Å². The molecule has 1 aromatic carbocycles. The van der Waals surface area contributed by atoms with Crippen LogP contribution in [0.5, 0.6) is 0 Å². The predicted molar refractivity (Wildman–Crippen MR) is 78.3 cm³/mol. The van der Waals surface area contributed by atoms with Crippen molar-refractivity contribution in [2.75, 3.05) is 20.6 Å². The lowest BCUT2D eigenvalue weighted by molar-refractivity contribution is 0.134. The fraction of sp³-hybridized carbons (Fsp3) is 0.533. The highest BCUT2D eigenvalue weighted by molar-refractivity contribution is 5.75. The van der Waals surface area contributed by atoms with Gasteiger partial charge >= 0.3 is 0 Å². The molecule has 104 valence electrons. The number of aliphatic hydroxyl groups is 1. The van der Waals surface area contributed by atoms with E-state index in [-0.39, 0.29) is 6.10 Å². The lowest BCUT2D eigenvalue weighted by Crippen LogP contribution is -2.28. The van der Waals surface area contributed by atoms with E-state index in [1.54, 1.807) is 0 Å². The maximum atomic E-state index is 10.1. The smallest absolute Gasteiger partial charge is 0.112 e. The van der Waals surface area contributed by atoms with Crippen LogP contribution < -0.4 is 0 Å². The first-order valence-electron chi connectivity index (χ1n) is 6.88. The van der Waals surface area contributed by atoms with E-state index in [4.69, 9.17) is 0 Å². The molecule has 0 amide bonds. The predicted octanol–water partition coefficient (Wildman–Crippen LogP) is 1.91. The van der Waals surface area contributed by atoms with Gasteiger partial charge < -0.3 is 14.6 Å². The minimum Gasteiger partial charge on any atom is -0.391 e. The lowest BCUT2D eigenvalue weighted by Gasteiger charge is -2.16. The first-order valence-corrected chi connectivity index (χ1v) is 6.88. The molecule has 1 unspecified atom stereocenters. The Morgan fingerprint density at radius 1 is 1.32 bits per heavy atom. The standard InChI is InChI=1S/C15H23N3O/c1-4-9-18-14-8-6-5-7-13(14)16-15(18)10-12(19)11-17(2)3/h5-8,12,19H,4,9-11H2,1-3H3. The van der Waals surface area contributed by atoms with Crippen molar-refractivity contribution in [2.24, 2.45) is 0 Å². The summed E-state index contributed by atoms with van der Waals surface area (Å²) in [4.78, 5) is 6.66. The summed E-state index contributed by atoms with van der Waals surface area (Å²) in [6.07, 6.45) is 1.30. The summed E-state index contributed by atoms with van der Waals surface area (Å²) in [6, 6.07) is 8.17. The van der Waals surface area contributed by atoms with E-state index < -0.39 is 0 Å². The topological polar surface area (TPSA) is 41.3 Å². The summed E-state index contributed by atoms with van der Waals surface area (Å²) >= 11 is 0. The molecule has 19 heavy (non-hydrogen) atoms. The van der Waals surface area contributed by atoms with Crippen LogP contribution in [0.3, 0.4) is 0 Å². The Balaban J connectivity index is 2.28. The largest absolute Gasteiger partial charge is 0.391 e. The average molecular weight is 261 g/mol. The van der Waals surface area contributed by atoms with Gasteiger partial charge in [-0.1, -0.05) is 19.1 Å². The van der Waals surface area contributed by atoms with E-state index >= 15 is 0 Å². The molecule has 0 aliphatic heterocycles. The van der Waals surface area contributed by atoms with Crippen molar-refractivity contribution in [3.8, 4) is 0 Å². The fourth-order valence-electron chi connectivity index (χ4n) is 2.45. The maximum absolute atomic E-state index is 10.1. The second-order valence-corrected chi connectivity index (χ2v) is 5.29. The van der Waals surface area contributed by atoms with E-state index in [1.807, 2.05) is 37.2 Å². The number of hydrogen-bond acceptors (Lipinski definition) is 3. The third-order valence-corrected chi connectivity index (χ3v) is 3.17. The Labute approximate surface area is 114 Å². The van der Waals surface area contributed by atoms with Gasteiger partial charge in [0.1, 0.15) is 5.82 Å². The molecule has 2 rings (SSSR count). The monoisotopic (exact) mass is 261 g/mol. The number of imidazole rings is 1. The van der Waals surface area contributed by atoms with Gasteiger partial charge in [-0.3, -0.25) is 0 Å². The van der Waals surface area contributed by atoms with Crippen molar-refractivity contribution in [3.05, 3.63) is 30.1 Å². The van der Waals surface area contributed by atoms with Crippen LogP contribution in [0.2, 0.25) is 0 Å². The van der Waals surface area contributed by atoms with Gasteiger partial charge in [-0.15, -0.1) is 0 Å². The summed E-state index contributed by atoms with van der Waals surface area (Å²) in [6.45, 7) is 3.77. The normalized spacial score (nSPS) is 13.3. The number of rotatable bonds is 6. The zero-order valence-electron chi connectivity index (χ0n) is 12.0. The molecular formula is C15H23N3O. The Hall–Kier alpha value is -1.39. The highest BCUT2D eigenvalue weighted by Crippen LogP contribution is 2.17. The number of likely N-dealkylation sites (N-methyl/N-ethyl adjacent to an activating group) is 1. The van der Waals surface area contributed by atoms with Crippen LogP contribution in [0.4, 0.5) is 0 Å². The lowest BCUT2D eigenvalue weighted by atomic mass is 10.2. The zero-order chi connectivity index (χ0) is 13.8. The molecule has 2 aromatic rings. The van der Waals surface area contributed by atoms with Crippen molar-refractivity contribution in [3.63, 3.8) is 0 Å². The number of para-hydroxylation sites is 2. The molecule has 0 bridgehead atoms. The Bertz CT molecular complexity index is 533. The Kier molecular flexibility index (Phi) is 4.56. The molecule has 0 aliphatic carbocycles. The van der Waals surface area contributed by atoms with Crippen LogP contribution in [0.1, 0.15) is 19.2 Å². The third kappa shape index (κ3) is 3.33. The van der Waals surface area contributed by atoms with Gasteiger partial charge in [-0.25, -0.2) is 4.98 Å². The molecule has 0 saturated carbocycles. The van der Waals surface area contributed by atoms with Crippen LogP contribution in [0.25, 0.3) is 11.0 Å². The molecule has 0 fully saturated rings. The molecule has 4 heteroatoms. The van der Waals surface area contributed by atoms with E-state index in [1.165, 1.54) is 0 Å². The number of aromatic nitrogens is 2. The number of nitrogens with zero attached hydrogens (tertiary/aromatic N) is 3. The van der Waals surface area contributed by atoms with Crippen molar-refractivity contribution >= 4 is 11.0 Å². The summed E-state index contributed by atoms with van der Waals surface area (Å²) in [5, 5.41) is 10.1. The number of hydrogen-bond donors (Lipinski definition) is 1. The Morgan fingerprint density at radius 2 is 2.05 bits per heavy atom. The fourth-order valence-corrected chi connectivity index (χ4v) is 2.45. The van der Waals surface area contributed by atoms with Crippen LogP contribution in [0.15, 0.2) is 24.3 Å². The molecule has 0 saturated heterocycles. The third-order valence-electron chi connectivity index (χ3n) is 3.17. The van der Waals surface area contributed by atoms with Gasteiger partial charge in [0.15, 0.2) is 0 Å². The number of aryl methyl sites for hydroxylation is 1. The zero-order valence-corrected chi connectivity index (χ0v) is 12.0. The first-order chi connectivity index (χ1) is 9.11. The highest BCUT2D eigenvalue weighted by Gasteiger charge is 2.14. The van der Waals surface area contributed by atoms with Crippen LogP contribution >= 0.6 is 0 Å². The highest BCUT2D eigenvalue weighted by atomic mass is 16.3. The number of benzene rings is 1. The molecule has 0 spiro atoms. The van der Waals surface area contributed by atoms with Gasteiger partial charge in [0.25, 0.3) is 0 Å². The van der Waals surface area contributed by atoms with E-state index in [2.05, 4.69) is 22.5 Å². The molecule has 0 radical (unpaired) electrons. The molecular weight excluding hydrogens is 238 g/mol. The van der Waals surface area contributed by atoms with Gasteiger partial charge in [-0.2, -0.15) is 0 Å². The van der Waals surface area contributed by atoms with Crippen molar-refractivity contribution < 1.29 is 5.11 Å². The second kappa shape index (κ2) is 6.17. The van der Waals surface area contributed by atoms with E-state index in [0.29, 0.717) is 13.0 Å². The summed E-state index contributed by atoms with van der Waals surface area (Å²) in [5.41, 5.74) is 2.18. The minimum atomic E-state index is -0.373. The second-order valence-electron chi connectivity index (χ2n) is 5.29. The number of fused-ring (bicyclic) bond motifs is 1. The minimum absolute atomic E-state index is 0.373. The summed E-state index contributed by atoms with van der Waals surface area (Å²) in [7, 11) is 3.94. The van der Waals surface area contributed by atoms with Crippen LogP contribution in [0, 0.1) is 0 Å². The Morgan fingerprint density at radius 3 is 2.74 bits per heavy atom.